The van der Waals surface area contributed by atoms with E-state index in [-0.39, 0.29) is 102 Å². The summed E-state index contributed by atoms with van der Waals surface area (Å²) in [6.07, 6.45) is 0. The first-order chi connectivity index (χ1) is 32.0. The summed E-state index contributed by atoms with van der Waals surface area (Å²) in [7, 11) is -22.1. The van der Waals surface area contributed by atoms with Gasteiger partial charge in [0, 0.05) is 9.79 Å². The van der Waals surface area contributed by atoms with Gasteiger partial charge in [0.2, 0.25) is 0 Å². The van der Waals surface area contributed by atoms with E-state index in [0.717, 1.165) is 39.2 Å². The number of aliphatic hydroxyl groups excluding tert-OH is 4. The maximum absolute atomic E-state index is 10.7. The Bertz CT molecular complexity index is 2210. The first-order valence-corrected chi connectivity index (χ1v) is 27.1. The Hall–Kier alpha value is -2.93. The third kappa shape index (κ3) is 27.8. The number of ether oxygens (including phenoxy) is 4. The number of hydrogen-bond donors (Lipinski definition) is 4. The Morgan fingerprint density at radius 1 is 0.310 bits per heavy atom. The van der Waals surface area contributed by atoms with E-state index >= 15 is 0 Å². The van der Waals surface area contributed by atoms with Crippen molar-refractivity contribution in [3.05, 3.63) is 146 Å². The molecule has 0 spiro atoms. The Labute approximate surface area is 445 Å². The molecular weight excluding hydrogens is 1290 g/mol. The number of rotatable bonds is 20. The summed E-state index contributed by atoms with van der Waals surface area (Å²) in [6, 6.07) is 49.5. The van der Waals surface area contributed by atoms with E-state index in [4.69, 9.17) is 39.4 Å². The number of halogens is 12. The molecule has 0 saturated heterocycles. The van der Waals surface area contributed by atoms with Crippen molar-refractivity contribution in [1.29, 1.82) is 0 Å². The van der Waals surface area contributed by atoms with Gasteiger partial charge in [-0.3, -0.25) is 0 Å². The molecule has 0 bridgehead atoms. The zero-order valence-corrected chi connectivity index (χ0v) is 47.6. The number of benzene rings is 6. The van der Waals surface area contributed by atoms with Crippen molar-refractivity contribution in [2.45, 2.75) is 39.2 Å². The zero-order chi connectivity index (χ0) is 51.1. The van der Waals surface area contributed by atoms with Crippen LogP contribution in [0.4, 0.5) is 50.4 Å². The monoisotopic (exact) mass is 1330 g/mol. The van der Waals surface area contributed by atoms with Crippen LogP contribution in [0.25, 0.3) is 0 Å². The van der Waals surface area contributed by atoms with Gasteiger partial charge in [0.05, 0.1) is 48.2 Å². The van der Waals surface area contributed by atoms with Gasteiger partial charge in [0.15, 0.2) is 29.4 Å². The number of hydrogen-bond acceptors (Lipinski definition) is 9. The molecule has 27 heteroatoms. The second kappa shape index (κ2) is 26.0. The molecule has 0 atom stereocenters. The molecule has 6 aromatic carbocycles. The molecule has 71 heavy (non-hydrogen) atoms. The van der Waals surface area contributed by atoms with Gasteiger partial charge < -0.3 is 39.4 Å². The average molecular weight is 1330 g/mol. The van der Waals surface area contributed by atoms with Crippen LogP contribution in [0, 0.1) is 0 Å². The third-order valence-electron chi connectivity index (χ3n) is 8.03. The van der Waals surface area contributed by atoms with Crippen LogP contribution >= 0.6 is 27.4 Å². The molecule has 0 aliphatic carbocycles. The van der Waals surface area contributed by atoms with Crippen LogP contribution in [0.2, 0.25) is 0 Å². The van der Waals surface area contributed by atoms with Crippen LogP contribution in [0.1, 0.15) is 0 Å². The van der Waals surface area contributed by atoms with Gasteiger partial charge in [-0.05, 0) is 146 Å². The van der Waals surface area contributed by atoms with Crippen molar-refractivity contribution in [2.75, 3.05) is 52.9 Å². The normalized spacial score (nSPS) is 13.2. The molecule has 0 unspecified atom stereocenters. The van der Waals surface area contributed by atoms with Crippen LogP contribution in [0.15, 0.2) is 185 Å². The van der Waals surface area contributed by atoms with Gasteiger partial charge in [0.25, 0.3) is 0 Å². The fraction of sp³-hybridized carbons (Fsp3) is 0.182. The Balaban J connectivity index is 0.000000945. The van der Waals surface area contributed by atoms with E-state index in [9.17, 15) is 50.4 Å². The summed E-state index contributed by atoms with van der Waals surface area (Å²) in [6.45, 7) is 0.825. The average Bonchev–Trinajstić information content (AvgIpc) is 3.27. The Morgan fingerprint density at radius 2 is 0.465 bits per heavy atom. The van der Waals surface area contributed by atoms with Crippen molar-refractivity contribution in [1.82, 2.24) is 0 Å². The van der Waals surface area contributed by atoms with Gasteiger partial charge in [-0.15, -0.1) is 0 Å². The summed E-state index contributed by atoms with van der Waals surface area (Å²) in [5.41, 5.74) is 0. The van der Waals surface area contributed by atoms with Crippen molar-refractivity contribution in [3.63, 3.8) is 0 Å². The number of aliphatic hydroxyl groups is 4. The minimum atomic E-state index is -10.7. The predicted molar refractivity (Wildman–Crippen MR) is 262 cm³/mol. The Kier molecular flexibility index (Phi) is 23.5. The Morgan fingerprint density at radius 3 is 0.620 bits per heavy atom. The molecule has 8 nitrogen and oxygen atoms in total. The second-order valence-electron chi connectivity index (χ2n) is 13.7. The second-order valence-corrected chi connectivity index (χ2v) is 22.8. The minimum absolute atomic E-state index is 0. The molecule has 0 fully saturated rings. The predicted octanol–water partition coefficient (Wildman–Crippen LogP) is 12.4. The van der Waals surface area contributed by atoms with Crippen LogP contribution in [-0.2, 0) is 21.8 Å². The molecule has 0 saturated carbocycles. The van der Waals surface area contributed by atoms with E-state index in [1.54, 1.807) is 11.8 Å². The van der Waals surface area contributed by atoms with E-state index in [1.807, 2.05) is 48.5 Å². The van der Waals surface area contributed by atoms with Crippen molar-refractivity contribution in [3.8, 4) is 23.0 Å². The molecule has 2 radical (unpaired) electrons. The summed E-state index contributed by atoms with van der Waals surface area (Å²) in [4.78, 5) is 9.10. The molecule has 394 valence electrons. The third-order valence-corrected chi connectivity index (χ3v) is 13.5. The zero-order valence-electron chi connectivity index (χ0n) is 36.7. The van der Waals surface area contributed by atoms with Crippen LogP contribution in [0.5, 0.6) is 23.0 Å². The van der Waals surface area contributed by atoms with Crippen molar-refractivity contribution < 1.29 is 89.7 Å². The summed E-state index contributed by atoms with van der Waals surface area (Å²) < 4.78 is 141. The van der Waals surface area contributed by atoms with E-state index in [2.05, 4.69) is 97.1 Å². The molecule has 0 heterocycles. The SMILES string of the molecule is F[P-](F)(F)(F)(F)F.F[P-](F)(F)(F)(F)F.OCCOc1ccc([S+](c2ccc(OCCO)cc2)c2ccc(Sc3ccc([S+](c4ccc(OCCO)cc4)c4ccc(OCCO)cc4)cc3)cc2)cc1.[SbH2].[SbH2]. The first-order valence-electron chi connectivity index (χ1n) is 19.8. The van der Waals surface area contributed by atoms with Crippen LogP contribution < -0.4 is 18.9 Å². The summed E-state index contributed by atoms with van der Waals surface area (Å²) >= 11 is 1.71. The maximum atomic E-state index is 9.87. The van der Waals surface area contributed by atoms with E-state index in [1.165, 1.54) is 0 Å². The van der Waals surface area contributed by atoms with Gasteiger partial charge in [-0.2, -0.15) is 0 Å². The first kappa shape index (κ1) is 64.2. The fourth-order valence-electron chi connectivity index (χ4n) is 5.58. The van der Waals surface area contributed by atoms with Crippen molar-refractivity contribution >= 4 is 98.0 Å². The van der Waals surface area contributed by atoms with Gasteiger partial charge in [-0.1, -0.05) is 11.8 Å². The molecule has 0 aliphatic rings. The summed E-state index contributed by atoms with van der Waals surface area (Å²) in [5, 5.41) is 36.7. The quantitative estimate of drug-likeness (QED) is 0.0257. The molecule has 0 aliphatic heterocycles. The standard InChI is InChI=1S/C44H44O8S3.2F6P.2Sb.4H/c45-25-29-49-33-1-13-39(14-2-33)54(40-15-3-34(4-16-40)50-30-26-46)43-21-9-37(10-22-43)53-38-11-23-44(24-12-38)55(41-17-5-35(6-18-41)51-31-27-47)42-19-7-36(8-20-42)52-32-28-48;2*1-7(2,3,4,5)6;;;;;;/h1-24,45-48H,25-32H2;;;;;;;;/q+2;2*-1;;;;;;. The fourth-order valence-corrected chi connectivity index (χ4v) is 10.5. The van der Waals surface area contributed by atoms with E-state index < -0.39 is 37.4 Å². The molecule has 6 aromatic rings. The topological polar surface area (TPSA) is 118 Å². The molecule has 4 N–H and O–H groups in total. The van der Waals surface area contributed by atoms with Gasteiger partial charge >= 0.3 is 115 Å². The molecular formula is C44H48F12O8P2S3Sb2. The molecule has 0 amide bonds. The van der Waals surface area contributed by atoms with E-state index in [0.29, 0.717) is 23.0 Å². The molecule has 0 aromatic heterocycles. The van der Waals surface area contributed by atoms with Crippen LogP contribution in [0.3, 0.4) is 0 Å². The van der Waals surface area contributed by atoms with Gasteiger partial charge in [-0.25, -0.2) is 0 Å². The molecule has 6 rings (SSSR count). The van der Waals surface area contributed by atoms with Gasteiger partial charge in [0.1, 0.15) is 49.4 Å². The summed E-state index contributed by atoms with van der Waals surface area (Å²) in [5.74, 6) is 2.84. The van der Waals surface area contributed by atoms with Crippen LogP contribution in [-0.4, -0.2) is 122 Å². The van der Waals surface area contributed by atoms with Crippen molar-refractivity contribution in [2.24, 2.45) is 0 Å².